The molecule has 0 fully saturated rings. The molecular weight excluding hydrogens is 459 g/mol. The highest BCUT2D eigenvalue weighted by Crippen LogP contribution is 2.36. The number of anilines is 1. The van der Waals surface area contributed by atoms with Gasteiger partial charge in [-0.25, -0.2) is 0 Å². The number of alkyl halides is 3. The summed E-state index contributed by atoms with van der Waals surface area (Å²) in [6.07, 6.45) is -0.140. The molecule has 0 radical (unpaired) electrons. The molecule has 0 aliphatic carbocycles. The molecule has 2 aromatic heterocycles. The number of aryl methyl sites for hydroxylation is 1. The van der Waals surface area contributed by atoms with Crippen LogP contribution in [0.25, 0.3) is 16.5 Å². The Morgan fingerprint density at radius 3 is 2.69 bits per heavy atom. The number of nitrogens with one attached hydrogen (secondary N) is 1. The molecule has 0 saturated heterocycles. The fraction of sp³-hybridized carbons (Fsp3) is 0.360. The fourth-order valence-corrected chi connectivity index (χ4v) is 4.41. The van der Waals surface area contributed by atoms with E-state index in [0.717, 1.165) is 17.2 Å². The van der Waals surface area contributed by atoms with Gasteiger partial charge < -0.3 is 15.3 Å². The summed E-state index contributed by atoms with van der Waals surface area (Å²) in [5.74, 6) is 0.117. The molecule has 0 bridgehead atoms. The molecule has 1 aromatic carbocycles. The molecule has 1 aliphatic heterocycles. The smallest absolute Gasteiger partial charge is 0.387 e. The van der Waals surface area contributed by atoms with Gasteiger partial charge >= 0.3 is 6.18 Å². The Kier molecular flexibility index (Phi) is 6.75. The molecule has 1 amide bonds. The molecule has 184 valence electrons. The van der Waals surface area contributed by atoms with Crippen molar-refractivity contribution < 1.29 is 23.1 Å². The van der Waals surface area contributed by atoms with E-state index in [2.05, 4.69) is 20.5 Å². The molecule has 0 spiro atoms. The zero-order valence-electron chi connectivity index (χ0n) is 19.6. The average Bonchev–Trinajstić information content (AvgIpc) is 2.84. The maximum absolute atomic E-state index is 13.4. The van der Waals surface area contributed by atoms with Crippen LogP contribution in [0.3, 0.4) is 0 Å². The molecule has 1 atom stereocenters. The molecule has 3 heterocycles. The van der Waals surface area contributed by atoms with Crippen LogP contribution < -0.4 is 5.32 Å². The first kappa shape index (κ1) is 24.6. The third-order valence-corrected chi connectivity index (χ3v) is 6.35. The highest BCUT2D eigenvalue weighted by molar-refractivity contribution is 5.92. The van der Waals surface area contributed by atoms with E-state index in [0.29, 0.717) is 47.5 Å². The number of nitrogens with zero attached hydrogens (tertiary/aromatic N) is 4. The summed E-state index contributed by atoms with van der Waals surface area (Å²) in [5.41, 5.74) is 3.19. The Balaban J connectivity index is 1.67. The molecular formula is C25H26F3N5O2. The Morgan fingerprint density at radius 1 is 1.26 bits per heavy atom. The van der Waals surface area contributed by atoms with Crippen LogP contribution in [0.15, 0.2) is 36.5 Å². The molecule has 35 heavy (non-hydrogen) atoms. The van der Waals surface area contributed by atoms with Crippen LogP contribution in [0.2, 0.25) is 0 Å². The Morgan fingerprint density at radius 2 is 2.03 bits per heavy atom. The quantitative estimate of drug-likeness (QED) is 0.555. The summed E-state index contributed by atoms with van der Waals surface area (Å²) in [5, 5.41) is 21.5. The number of aromatic nitrogens is 3. The van der Waals surface area contributed by atoms with E-state index in [1.165, 1.54) is 13.0 Å². The van der Waals surface area contributed by atoms with E-state index in [1.807, 2.05) is 12.1 Å². The number of amides is 1. The predicted molar refractivity (Wildman–Crippen MR) is 127 cm³/mol. The van der Waals surface area contributed by atoms with E-state index >= 15 is 0 Å². The Hall–Kier alpha value is -3.53. The van der Waals surface area contributed by atoms with Crippen molar-refractivity contribution >= 4 is 28.2 Å². The lowest BCUT2D eigenvalue weighted by atomic mass is 9.97. The van der Waals surface area contributed by atoms with Crippen molar-refractivity contribution in [3.8, 4) is 0 Å². The molecule has 2 N–H and O–H groups in total. The first-order valence-corrected chi connectivity index (χ1v) is 11.2. The van der Waals surface area contributed by atoms with Gasteiger partial charge in [0.15, 0.2) is 5.82 Å². The molecule has 4 rings (SSSR count). The number of aliphatic hydroxyl groups excluding tert-OH is 1. The number of aliphatic hydroxyl groups is 1. The first-order valence-electron chi connectivity index (χ1n) is 11.2. The van der Waals surface area contributed by atoms with Crippen molar-refractivity contribution in [1.82, 2.24) is 20.1 Å². The minimum absolute atomic E-state index is 0.164. The summed E-state index contributed by atoms with van der Waals surface area (Å²) >= 11 is 0. The summed E-state index contributed by atoms with van der Waals surface area (Å²) in [6, 6.07) is 5.63. The zero-order chi connectivity index (χ0) is 25.3. The topological polar surface area (TPSA) is 91.2 Å². The highest BCUT2D eigenvalue weighted by Gasteiger charge is 2.33. The van der Waals surface area contributed by atoms with Crippen molar-refractivity contribution in [2.24, 2.45) is 0 Å². The van der Waals surface area contributed by atoms with Gasteiger partial charge in [0.25, 0.3) is 0 Å². The third kappa shape index (κ3) is 4.97. The molecule has 0 saturated carbocycles. The summed E-state index contributed by atoms with van der Waals surface area (Å²) in [4.78, 5) is 17.9. The fourth-order valence-electron chi connectivity index (χ4n) is 4.41. The minimum Gasteiger partial charge on any atom is -0.387 e. The number of fused-ring (bicyclic) bond motifs is 1. The lowest BCUT2D eigenvalue weighted by Crippen LogP contribution is -2.36. The van der Waals surface area contributed by atoms with E-state index in [4.69, 9.17) is 5.11 Å². The lowest BCUT2D eigenvalue weighted by Gasteiger charge is -2.26. The van der Waals surface area contributed by atoms with Crippen molar-refractivity contribution in [3.05, 3.63) is 64.5 Å². The summed E-state index contributed by atoms with van der Waals surface area (Å²) in [6.45, 7) is 5.42. The van der Waals surface area contributed by atoms with Crippen molar-refractivity contribution in [2.45, 2.75) is 39.4 Å². The van der Waals surface area contributed by atoms with Gasteiger partial charge in [0, 0.05) is 24.7 Å². The second kappa shape index (κ2) is 9.61. The number of hydrogen-bond donors (Lipinski definition) is 2. The number of halogens is 3. The van der Waals surface area contributed by atoms with Gasteiger partial charge in [-0.1, -0.05) is 18.2 Å². The van der Waals surface area contributed by atoms with E-state index < -0.39 is 24.4 Å². The van der Waals surface area contributed by atoms with Gasteiger partial charge in [-0.3, -0.25) is 9.78 Å². The monoisotopic (exact) mass is 485 g/mol. The molecule has 3 aromatic rings. The SMILES string of the molecule is Cc1c([C@@H](C)Nc2nnc(C)c3ncc(C4=CCN(C(=O)CO)CC4)cc23)cccc1C(F)(F)F. The maximum Gasteiger partial charge on any atom is 0.416 e. The normalized spacial score (nSPS) is 15.2. The largest absolute Gasteiger partial charge is 0.416 e. The molecule has 1 aliphatic rings. The van der Waals surface area contributed by atoms with Gasteiger partial charge in [0.1, 0.15) is 6.61 Å². The number of benzene rings is 1. The zero-order valence-corrected chi connectivity index (χ0v) is 19.6. The first-order chi connectivity index (χ1) is 16.6. The second-order valence-electron chi connectivity index (χ2n) is 8.61. The lowest BCUT2D eigenvalue weighted by molar-refractivity contribution is -0.138. The Bertz CT molecular complexity index is 1310. The van der Waals surface area contributed by atoms with Crippen LogP contribution in [0.4, 0.5) is 19.0 Å². The summed E-state index contributed by atoms with van der Waals surface area (Å²) in [7, 11) is 0. The van der Waals surface area contributed by atoms with Gasteiger partial charge in [0.05, 0.1) is 22.8 Å². The van der Waals surface area contributed by atoms with Gasteiger partial charge in [-0.2, -0.15) is 18.3 Å². The van der Waals surface area contributed by atoms with Crippen LogP contribution in [0.1, 0.15) is 47.3 Å². The number of carbonyl (C=O) groups is 1. The highest BCUT2D eigenvalue weighted by atomic mass is 19.4. The van der Waals surface area contributed by atoms with Crippen LogP contribution >= 0.6 is 0 Å². The minimum atomic E-state index is -4.43. The van der Waals surface area contributed by atoms with Crippen LogP contribution in [0.5, 0.6) is 0 Å². The van der Waals surface area contributed by atoms with Crippen molar-refractivity contribution in [3.63, 3.8) is 0 Å². The Labute approximate surface area is 200 Å². The van der Waals surface area contributed by atoms with Gasteiger partial charge in [-0.05, 0) is 61.6 Å². The van der Waals surface area contributed by atoms with Crippen LogP contribution in [-0.4, -0.2) is 50.8 Å². The number of pyridine rings is 1. The number of rotatable bonds is 5. The van der Waals surface area contributed by atoms with Crippen molar-refractivity contribution in [2.75, 3.05) is 25.0 Å². The van der Waals surface area contributed by atoms with Crippen molar-refractivity contribution in [1.29, 1.82) is 0 Å². The van der Waals surface area contributed by atoms with Crippen LogP contribution in [0, 0.1) is 13.8 Å². The van der Waals surface area contributed by atoms with E-state index in [1.54, 1.807) is 31.0 Å². The third-order valence-electron chi connectivity index (χ3n) is 6.35. The number of hydrogen-bond acceptors (Lipinski definition) is 6. The predicted octanol–water partition coefficient (Wildman–Crippen LogP) is 4.44. The molecule has 7 nitrogen and oxygen atoms in total. The van der Waals surface area contributed by atoms with Crippen LogP contribution in [-0.2, 0) is 11.0 Å². The number of carbonyl (C=O) groups excluding carboxylic acids is 1. The maximum atomic E-state index is 13.4. The van der Waals surface area contributed by atoms with E-state index in [-0.39, 0.29) is 11.5 Å². The molecule has 0 unspecified atom stereocenters. The standard InChI is InChI=1S/C25H26F3N5O2/c1-14-19(5-4-6-21(14)25(26,27)28)15(2)30-24-20-11-18(12-29-23(20)16(3)31-32-24)17-7-9-33(10-8-17)22(35)13-34/h4-7,11-12,15,34H,8-10,13H2,1-3H3,(H,30,32)/t15-/m1/s1. The summed E-state index contributed by atoms with van der Waals surface area (Å²) < 4.78 is 40.2. The molecule has 10 heteroatoms. The average molecular weight is 486 g/mol. The van der Waals surface area contributed by atoms with Gasteiger partial charge in [0.2, 0.25) is 5.91 Å². The van der Waals surface area contributed by atoms with Gasteiger partial charge in [-0.15, -0.1) is 5.10 Å². The second-order valence-corrected chi connectivity index (χ2v) is 8.61. The van der Waals surface area contributed by atoms with E-state index in [9.17, 15) is 18.0 Å².